The molecule has 0 aliphatic heterocycles. The Morgan fingerprint density at radius 2 is 1.88 bits per heavy atom. The van der Waals surface area contributed by atoms with Crippen molar-refractivity contribution in [1.29, 1.82) is 0 Å². The van der Waals surface area contributed by atoms with Gasteiger partial charge in [-0.15, -0.1) is 0 Å². The lowest BCUT2D eigenvalue weighted by Gasteiger charge is -2.20. The monoisotopic (exact) mass is 262 g/mol. The number of ether oxygens (including phenoxy) is 1. The van der Waals surface area contributed by atoms with Crippen molar-refractivity contribution < 1.29 is 9.26 Å². The first-order valence-corrected chi connectivity index (χ1v) is 6.78. The summed E-state index contributed by atoms with van der Waals surface area (Å²) in [5.74, 6) is 0.115. The van der Waals surface area contributed by atoms with E-state index in [1.165, 1.54) is 12.8 Å². The van der Waals surface area contributed by atoms with Crippen molar-refractivity contribution in [2.45, 2.75) is 37.9 Å². The molecule has 100 valence electrons. The molecule has 0 aromatic rings. The summed E-state index contributed by atoms with van der Waals surface area (Å²) in [5.41, 5.74) is 22.2. The zero-order valence-corrected chi connectivity index (χ0v) is 11.0. The Labute approximate surface area is 104 Å². The number of rotatable bonds is 7. The molecule has 0 aromatic carbocycles. The molecule has 8 N–H and O–H groups in total. The second-order valence-corrected chi connectivity index (χ2v) is 5.21. The van der Waals surface area contributed by atoms with Crippen molar-refractivity contribution in [2.75, 3.05) is 13.2 Å². The molecule has 0 saturated heterocycles. The Morgan fingerprint density at radius 3 is 2.41 bits per heavy atom. The zero-order valence-electron chi connectivity index (χ0n) is 10.0. The molecule has 0 amide bonds. The van der Waals surface area contributed by atoms with Gasteiger partial charge in [-0.1, -0.05) is 12.8 Å². The van der Waals surface area contributed by atoms with Crippen LogP contribution in [0.3, 0.4) is 0 Å². The molecule has 0 aromatic heterocycles. The highest BCUT2D eigenvalue weighted by Crippen LogP contribution is 2.24. The summed E-state index contributed by atoms with van der Waals surface area (Å²) in [4.78, 5) is 0. The number of nitrogens with two attached hydrogens (primary N) is 4. The van der Waals surface area contributed by atoms with Gasteiger partial charge in [0.1, 0.15) is 5.82 Å². The second-order valence-electron chi connectivity index (χ2n) is 4.18. The van der Waals surface area contributed by atoms with Crippen LogP contribution in [0.15, 0.2) is 11.3 Å². The van der Waals surface area contributed by atoms with Crippen LogP contribution in [0.1, 0.15) is 25.7 Å². The van der Waals surface area contributed by atoms with E-state index in [0.29, 0.717) is 24.7 Å². The molecule has 1 saturated carbocycles. The van der Waals surface area contributed by atoms with Gasteiger partial charge in [-0.05, 0) is 12.8 Å². The van der Waals surface area contributed by atoms with Gasteiger partial charge in [0.05, 0.1) is 33.1 Å². The average Bonchev–Trinajstić information content (AvgIpc) is 2.80. The van der Waals surface area contributed by atoms with Gasteiger partial charge in [-0.3, -0.25) is 0 Å². The van der Waals surface area contributed by atoms with Crippen LogP contribution in [0.5, 0.6) is 0 Å². The first-order valence-electron chi connectivity index (χ1n) is 5.87. The van der Waals surface area contributed by atoms with E-state index in [9.17, 15) is 0 Å². The Morgan fingerprint density at radius 1 is 1.24 bits per heavy atom. The highest BCUT2D eigenvalue weighted by Gasteiger charge is 2.19. The van der Waals surface area contributed by atoms with Gasteiger partial charge in [0.25, 0.3) is 0 Å². The van der Waals surface area contributed by atoms with Crippen LogP contribution in [0, 0.1) is 0 Å². The average molecular weight is 262 g/mol. The fourth-order valence-corrected chi connectivity index (χ4v) is 2.27. The van der Waals surface area contributed by atoms with Crippen LogP contribution in [-0.4, -0.2) is 25.4 Å². The first-order chi connectivity index (χ1) is 8.13. The topological polar surface area (TPSA) is 123 Å². The molecule has 1 aliphatic carbocycles. The molecule has 1 aliphatic rings. The molecule has 2 unspecified atom stereocenters. The lowest BCUT2D eigenvalue weighted by molar-refractivity contribution is -0.0225. The highest BCUT2D eigenvalue weighted by molar-refractivity contribution is 7.37. The molecule has 7 heteroatoms. The van der Waals surface area contributed by atoms with Crippen molar-refractivity contribution >= 4 is 8.81 Å². The molecule has 17 heavy (non-hydrogen) atoms. The minimum Gasteiger partial charge on any atom is -0.394 e. The lowest BCUT2D eigenvalue weighted by atomic mass is 10.3. The van der Waals surface area contributed by atoms with E-state index in [1.807, 2.05) is 0 Å². The third-order valence-corrected chi connectivity index (χ3v) is 3.53. The first kappa shape index (κ1) is 14.5. The maximum atomic E-state index is 5.84. The van der Waals surface area contributed by atoms with E-state index >= 15 is 0 Å². The lowest BCUT2D eigenvalue weighted by Crippen LogP contribution is -2.31. The summed E-state index contributed by atoms with van der Waals surface area (Å²) in [5, 5.41) is 0. The number of hydrogen-bond donors (Lipinski definition) is 4. The van der Waals surface area contributed by atoms with Gasteiger partial charge in [-0.2, -0.15) is 0 Å². The van der Waals surface area contributed by atoms with Gasteiger partial charge in [0.2, 0.25) is 0 Å². The van der Waals surface area contributed by atoms with Gasteiger partial charge in [-0.25, -0.2) is 0 Å². The maximum Gasteiger partial charge on any atom is 0.120 e. The van der Waals surface area contributed by atoms with E-state index in [0.717, 1.165) is 12.8 Å². The molecular formula is C10H23N4O2P. The van der Waals surface area contributed by atoms with Crippen molar-refractivity contribution in [3.8, 4) is 0 Å². The van der Waals surface area contributed by atoms with Crippen LogP contribution in [0.4, 0.5) is 0 Å². The molecular weight excluding hydrogens is 239 g/mol. The van der Waals surface area contributed by atoms with E-state index in [2.05, 4.69) is 0 Å². The highest BCUT2D eigenvalue weighted by atomic mass is 31.1. The van der Waals surface area contributed by atoms with Crippen molar-refractivity contribution in [3.63, 3.8) is 0 Å². The molecule has 0 bridgehead atoms. The fourth-order valence-electron chi connectivity index (χ4n) is 1.73. The van der Waals surface area contributed by atoms with Crippen molar-refractivity contribution in [1.82, 2.24) is 0 Å². The third kappa shape index (κ3) is 5.55. The normalized spacial score (nSPS) is 18.9. The Hall–Kier alpha value is -0.550. The SMILES string of the molecule is NCC(COPC(N)=C(N)N)OC1CCCC1. The van der Waals surface area contributed by atoms with Crippen LogP contribution >= 0.6 is 8.81 Å². The largest absolute Gasteiger partial charge is 0.394 e. The molecule has 0 heterocycles. The predicted molar refractivity (Wildman–Crippen MR) is 70.0 cm³/mol. The maximum absolute atomic E-state index is 5.84. The Kier molecular flexibility index (Phi) is 6.58. The molecule has 0 spiro atoms. The summed E-state index contributed by atoms with van der Waals surface area (Å²) >= 11 is 0. The van der Waals surface area contributed by atoms with E-state index in [-0.39, 0.29) is 20.7 Å². The van der Waals surface area contributed by atoms with Crippen LogP contribution in [0.25, 0.3) is 0 Å². The minimum absolute atomic E-state index is 0.0325. The van der Waals surface area contributed by atoms with Crippen LogP contribution in [-0.2, 0) is 9.26 Å². The van der Waals surface area contributed by atoms with Gasteiger partial charge < -0.3 is 32.2 Å². The van der Waals surface area contributed by atoms with E-state index in [4.69, 9.17) is 32.2 Å². The van der Waals surface area contributed by atoms with Crippen LogP contribution < -0.4 is 22.9 Å². The summed E-state index contributed by atoms with van der Waals surface area (Å²) in [6.07, 6.45) is 4.99. The second kappa shape index (κ2) is 7.71. The molecule has 2 atom stereocenters. The minimum atomic E-state index is -0.0719. The summed E-state index contributed by atoms with van der Waals surface area (Å²) in [6, 6.07) is 0. The number of hydrogen-bond acceptors (Lipinski definition) is 6. The Bertz CT molecular complexity index is 253. The summed E-state index contributed by atoms with van der Waals surface area (Å²) < 4.78 is 11.2. The van der Waals surface area contributed by atoms with Gasteiger partial charge >= 0.3 is 0 Å². The third-order valence-electron chi connectivity index (χ3n) is 2.71. The van der Waals surface area contributed by atoms with Crippen LogP contribution in [0.2, 0.25) is 0 Å². The van der Waals surface area contributed by atoms with E-state index < -0.39 is 0 Å². The molecule has 6 nitrogen and oxygen atoms in total. The molecule has 1 fully saturated rings. The Balaban J connectivity index is 2.20. The van der Waals surface area contributed by atoms with Crippen molar-refractivity contribution in [2.24, 2.45) is 22.9 Å². The quantitative estimate of drug-likeness (QED) is 0.475. The molecule has 0 radical (unpaired) electrons. The zero-order chi connectivity index (χ0) is 12.7. The van der Waals surface area contributed by atoms with Gasteiger partial charge in [0, 0.05) is 6.54 Å². The van der Waals surface area contributed by atoms with Gasteiger partial charge in [0.15, 0.2) is 0 Å². The van der Waals surface area contributed by atoms with Crippen molar-refractivity contribution in [3.05, 3.63) is 11.3 Å². The summed E-state index contributed by atoms with van der Waals surface area (Å²) in [7, 11) is -0.0325. The van der Waals surface area contributed by atoms with E-state index in [1.54, 1.807) is 0 Å². The standard InChI is InChI=1S/C10H23N4O2P/c11-5-8(16-7-3-1-2-4-7)6-15-17-10(14)9(12)13/h7-8,17H,1-6,11-14H2. The summed E-state index contributed by atoms with van der Waals surface area (Å²) in [6.45, 7) is 0.877. The predicted octanol–water partition coefficient (Wildman–Crippen LogP) is -0.114. The molecule has 1 rings (SSSR count). The fraction of sp³-hybridized carbons (Fsp3) is 0.800. The smallest absolute Gasteiger partial charge is 0.120 e.